The lowest BCUT2D eigenvalue weighted by molar-refractivity contribution is -0.197. The molecule has 1 aliphatic rings. The number of halogens is 3. The number of hydrogen-bond acceptors (Lipinski definition) is 2. The van der Waals surface area contributed by atoms with Gasteiger partial charge < -0.3 is 10.4 Å². The summed E-state index contributed by atoms with van der Waals surface area (Å²) in [6.07, 6.45) is -2.35. The zero-order valence-electron chi connectivity index (χ0n) is 12.2. The molecule has 1 aliphatic carbocycles. The number of carbonyl (C=O) groups is 1. The average Bonchev–Trinajstić information content (AvgIpc) is 2.48. The Labute approximate surface area is 127 Å². The summed E-state index contributed by atoms with van der Waals surface area (Å²) >= 11 is 0. The Bertz CT molecular complexity index is 499. The van der Waals surface area contributed by atoms with Crippen molar-refractivity contribution in [3.63, 3.8) is 0 Å². The van der Waals surface area contributed by atoms with Crippen molar-refractivity contribution in [2.75, 3.05) is 11.9 Å². The van der Waals surface area contributed by atoms with Gasteiger partial charge in [-0.1, -0.05) is 25.0 Å². The zero-order chi connectivity index (χ0) is 16.2. The number of benzene rings is 1. The second-order valence-corrected chi connectivity index (χ2v) is 5.70. The highest BCUT2D eigenvalue weighted by atomic mass is 19.4. The van der Waals surface area contributed by atoms with E-state index in [2.05, 4.69) is 5.32 Å². The summed E-state index contributed by atoms with van der Waals surface area (Å²) in [7, 11) is 0. The summed E-state index contributed by atoms with van der Waals surface area (Å²) in [5.74, 6) is -3.11. The summed E-state index contributed by atoms with van der Waals surface area (Å²) in [4.78, 5) is 12.2. The van der Waals surface area contributed by atoms with Crippen LogP contribution in [0.2, 0.25) is 0 Å². The molecule has 3 nitrogen and oxygen atoms in total. The number of nitrogens with one attached hydrogen (secondary N) is 1. The van der Waals surface area contributed by atoms with E-state index in [1.54, 1.807) is 24.3 Å². The maximum Gasteiger partial charge on any atom is 0.392 e. The number of anilines is 1. The molecule has 0 bridgehead atoms. The van der Waals surface area contributed by atoms with E-state index in [1.165, 1.54) is 0 Å². The Hall–Kier alpha value is -1.56. The first-order valence-corrected chi connectivity index (χ1v) is 7.49. The minimum atomic E-state index is -4.33. The number of aliphatic hydroxyl groups is 1. The van der Waals surface area contributed by atoms with Crippen molar-refractivity contribution in [3.8, 4) is 0 Å². The van der Waals surface area contributed by atoms with E-state index < -0.39 is 23.9 Å². The number of rotatable bonds is 4. The van der Waals surface area contributed by atoms with Gasteiger partial charge in [0, 0.05) is 18.2 Å². The molecule has 2 atom stereocenters. The molecule has 2 N–H and O–H groups in total. The summed E-state index contributed by atoms with van der Waals surface area (Å²) in [6, 6.07) is 6.78. The van der Waals surface area contributed by atoms with E-state index in [0.29, 0.717) is 24.9 Å². The Kier molecular flexibility index (Phi) is 5.45. The zero-order valence-corrected chi connectivity index (χ0v) is 12.2. The van der Waals surface area contributed by atoms with Gasteiger partial charge in [0.25, 0.3) is 0 Å². The molecular formula is C16H20F3NO2. The second kappa shape index (κ2) is 7.13. The van der Waals surface area contributed by atoms with Crippen molar-refractivity contribution in [1.82, 2.24) is 0 Å². The monoisotopic (exact) mass is 315 g/mol. The number of hydrogen-bond donors (Lipinski definition) is 2. The molecule has 0 unspecified atom stereocenters. The van der Waals surface area contributed by atoms with Gasteiger partial charge in [-0.3, -0.25) is 4.79 Å². The van der Waals surface area contributed by atoms with E-state index in [9.17, 15) is 18.0 Å². The van der Waals surface area contributed by atoms with Crippen molar-refractivity contribution in [2.45, 2.75) is 38.3 Å². The Balaban J connectivity index is 2.03. The second-order valence-electron chi connectivity index (χ2n) is 5.70. The van der Waals surface area contributed by atoms with Crippen LogP contribution in [0.1, 0.15) is 31.2 Å². The van der Waals surface area contributed by atoms with E-state index in [4.69, 9.17) is 5.11 Å². The van der Waals surface area contributed by atoms with Crippen LogP contribution in [0.3, 0.4) is 0 Å². The van der Waals surface area contributed by atoms with Crippen LogP contribution in [-0.4, -0.2) is 23.8 Å². The molecule has 122 valence electrons. The molecular weight excluding hydrogens is 295 g/mol. The van der Waals surface area contributed by atoms with Gasteiger partial charge in [-0.25, -0.2) is 0 Å². The van der Waals surface area contributed by atoms with Crippen LogP contribution in [0.4, 0.5) is 18.9 Å². The largest absolute Gasteiger partial charge is 0.396 e. The van der Waals surface area contributed by atoms with Crippen molar-refractivity contribution < 1.29 is 23.1 Å². The maximum atomic E-state index is 13.0. The molecule has 6 heteroatoms. The summed E-state index contributed by atoms with van der Waals surface area (Å²) < 4.78 is 39.1. The van der Waals surface area contributed by atoms with Crippen LogP contribution in [0, 0.1) is 11.8 Å². The Morgan fingerprint density at radius 3 is 2.41 bits per heavy atom. The lowest BCUT2D eigenvalue weighted by Gasteiger charge is -2.32. The highest BCUT2D eigenvalue weighted by Gasteiger charge is 2.47. The van der Waals surface area contributed by atoms with E-state index >= 15 is 0 Å². The predicted molar refractivity (Wildman–Crippen MR) is 77.4 cm³/mol. The highest BCUT2D eigenvalue weighted by Crippen LogP contribution is 2.41. The van der Waals surface area contributed by atoms with Crippen LogP contribution in [0.5, 0.6) is 0 Å². The van der Waals surface area contributed by atoms with Crippen LogP contribution in [0.25, 0.3) is 0 Å². The molecule has 1 fully saturated rings. The first kappa shape index (κ1) is 16.8. The molecule has 2 rings (SSSR count). The van der Waals surface area contributed by atoms with Crippen LogP contribution < -0.4 is 5.32 Å². The van der Waals surface area contributed by atoms with Crippen LogP contribution >= 0.6 is 0 Å². The molecule has 0 radical (unpaired) electrons. The van der Waals surface area contributed by atoms with Gasteiger partial charge in [-0.15, -0.1) is 0 Å². The molecule has 1 aromatic carbocycles. The van der Waals surface area contributed by atoms with E-state index in [0.717, 1.165) is 5.56 Å². The average molecular weight is 315 g/mol. The Morgan fingerprint density at radius 2 is 1.82 bits per heavy atom. The SMILES string of the molecule is O=C(Nc1ccc(CCO)cc1)[C@H]1CCCC[C@@H]1C(F)(F)F. The van der Waals surface area contributed by atoms with Gasteiger partial charge in [-0.05, 0) is 37.0 Å². The maximum absolute atomic E-state index is 13.0. The fourth-order valence-electron chi connectivity index (χ4n) is 2.96. The lowest BCUT2D eigenvalue weighted by atomic mass is 9.78. The number of amides is 1. The first-order chi connectivity index (χ1) is 10.4. The number of alkyl halides is 3. The smallest absolute Gasteiger partial charge is 0.392 e. The van der Waals surface area contributed by atoms with Crippen molar-refractivity contribution in [3.05, 3.63) is 29.8 Å². The molecule has 0 heterocycles. The third-order valence-electron chi connectivity index (χ3n) is 4.15. The fraction of sp³-hybridized carbons (Fsp3) is 0.562. The molecule has 0 aromatic heterocycles. The third-order valence-corrected chi connectivity index (χ3v) is 4.15. The van der Waals surface area contributed by atoms with Gasteiger partial charge in [0.1, 0.15) is 0 Å². The molecule has 0 spiro atoms. The quantitative estimate of drug-likeness (QED) is 0.893. The topological polar surface area (TPSA) is 49.3 Å². The van der Waals surface area contributed by atoms with Gasteiger partial charge in [0.05, 0.1) is 5.92 Å². The summed E-state index contributed by atoms with van der Waals surface area (Å²) in [6.45, 7) is 0.0288. The number of aliphatic hydroxyl groups excluding tert-OH is 1. The summed E-state index contributed by atoms with van der Waals surface area (Å²) in [5.41, 5.74) is 1.39. The van der Waals surface area contributed by atoms with Crippen molar-refractivity contribution in [2.24, 2.45) is 11.8 Å². The molecule has 1 saturated carbocycles. The van der Waals surface area contributed by atoms with Gasteiger partial charge in [-0.2, -0.15) is 13.2 Å². The fourth-order valence-corrected chi connectivity index (χ4v) is 2.96. The molecule has 22 heavy (non-hydrogen) atoms. The molecule has 0 aliphatic heterocycles. The summed E-state index contributed by atoms with van der Waals surface area (Å²) in [5, 5.41) is 11.4. The molecule has 1 aromatic rings. The van der Waals surface area contributed by atoms with Crippen LogP contribution in [0.15, 0.2) is 24.3 Å². The minimum absolute atomic E-state index is 0.0248. The van der Waals surface area contributed by atoms with E-state index in [-0.39, 0.29) is 19.4 Å². The van der Waals surface area contributed by atoms with Crippen LogP contribution in [-0.2, 0) is 11.2 Å². The predicted octanol–water partition coefficient (Wildman–Crippen LogP) is 3.53. The minimum Gasteiger partial charge on any atom is -0.396 e. The van der Waals surface area contributed by atoms with Gasteiger partial charge in [0.15, 0.2) is 0 Å². The molecule has 1 amide bonds. The normalized spacial score (nSPS) is 22.4. The van der Waals surface area contributed by atoms with E-state index in [1.807, 2.05) is 0 Å². The van der Waals surface area contributed by atoms with Crippen molar-refractivity contribution in [1.29, 1.82) is 0 Å². The standard InChI is InChI=1S/C16H20F3NO2/c17-16(18,19)14-4-2-1-3-13(14)15(22)20-12-7-5-11(6-8-12)9-10-21/h5-8,13-14,21H,1-4,9-10H2,(H,20,22)/t13-,14-/m0/s1. The number of carbonyl (C=O) groups excluding carboxylic acids is 1. The lowest BCUT2D eigenvalue weighted by Crippen LogP contribution is -2.39. The van der Waals surface area contributed by atoms with Crippen molar-refractivity contribution >= 4 is 11.6 Å². The van der Waals surface area contributed by atoms with Gasteiger partial charge >= 0.3 is 6.18 Å². The van der Waals surface area contributed by atoms with Gasteiger partial charge in [0.2, 0.25) is 5.91 Å². The molecule has 0 saturated heterocycles. The first-order valence-electron chi connectivity index (χ1n) is 7.49. The highest BCUT2D eigenvalue weighted by molar-refractivity contribution is 5.92. The third kappa shape index (κ3) is 4.22. The Morgan fingerprint density at radius 1 is 1.18 bits per heavy atom.